The van der Waals surface area contributed by atoms with Crippen LogP contribution in [0.3, 0.4) is 0 Å². The van der Waals surface area contributed by atoms with E-state index in [-0.39, 0.29) is 5.56 Å². The Bertz CT molecular complexity index is 528. The Hall–Kier alpha value is -1.44. The van der Waals surface area contributed by atoms with Crippen LogP contribution in [0.1, 0.15) is 22.3 Å². The summed E-state index contributed by atoms with van der Waals surface area (Å²) in [6.45, 7) is 1.42. The second-order valence-electron chi connectivity index (χ2n) is 4.16. The third kappa shape index (κ3) is 6.32. The van der Waals surface area contributed by atoms with E-state index in [0.29, 0.717) is 31.6 Å². The Morgan fingerprint density at radius 2 is 1.95 bits per heavy atom. The summed E-state index contributed by atoms with van der Waals surface area (Å²) in [7, 11) is -3.14. The van der Waals surface area contributed by atoms with Gasteiger partial charge >= 0.3 is 5.97 Å². The van der Waals surface area contributed by atoms with Crippen molar-refractivity contribution in [1.29, 1.82) is 0 Å². The van der Waals surface area contributed by atoms with Crippen LogP contribution >= 0.6 is 0 Å². The van der Waals surface area contributed by atoms with Gasteiger partial charge in [0.05, 0.1) is 11.8 Å². The van der Waals surface area contributed by atoms with Crippen molar-refractivity contribution in [3.63, 3.8) is 0 Å². The summed E-state index contributed by atoms with van der Waals surface area (Å²) in [5.74, 6) is -0.948. The molecule has 106 valence electrons. The first kappa shape index (κ1) is 15.6. The van der Waals surface area contributed by atoms with Gasteiger partial charge in [0.2, 0.25) is 10.0 Å². The van der Waals surface area contributed by atoms with Gasteiger partial charge in [-0.25, -0.2) is 17.9 Å². The number of carboxylic acids is 1. The first-order valence-corrected chi connectivity index (χ1v) is 7.76. The fourth-order valence-corrected chi connectivity index (χ4v) is 2.09. The molecule has 6 nitrogen and oxygen atoms in total. The number of benzene rings is 1. The molecule has 0 aromatic heterocycles. The number of carboxylic acid groups (broad SMARTS) is 1. The van der Waals surface area contributed by atoms with Crippen molar-refractivity contribution in [2.75, 3.05) is 19.3 Å². The second kappa shape index (κ2) is 7.22. The van der Waals surface area contributed by atoms with Crippen molar-refractivity contribution < 1.29 is 18.3 Å². The van der Waals surface area contributed by atoms with Gasteiger partial charge in [0, 0.05) is 13.1 Å². The van der Waals surface area contributed by atoms with E-state index in [1.807, 2.05) is 0 Å². The van der Waals surface area contributed by atoms with Gasteiger partial charge in [-0.2, -0.15) is 0 Å². The number of hydrogen-bond donors (Lipinski definition) is 3. The molecule has 1 rings (SSSR count). The standard InChI is InChI=1S/C12H18N2O4S/c1-19(17,18)14-8-4-7-13-9-10-5-2-3-6-11(10)12(15)16/h2-3,5-6,13-14H,4,7-9H2,1H3,(H,15,16). The van der Waals surface area contributed by atoms with Crippen molar-refractivity contribution in [2.45, 2.75) is 13.0 Å². The first-order valence-electron chi connectivity index (χ1n) is 5.87. The Morgan fingerprint density at radius 1 is 1.26 bits per heavy atom. The van der Waals surface area contributed by atoms with Crippen LogP contribution in [-0.2, 0) is 16.6 Å². The Kier molecular flexibility index (Phi) is 5.94. The molecule has 7 heteroatoms. The van der Waals surface area contributed by atoms with Crippen LogP contribution in [0, 0.1) is 0 Å². The summed E-state index contributed by atoms with van der Waals surface area (Å²) in [6, 6.07) is 6.79. The smallest absolute Gasteiger partial charge is 0.336 e. The molecule has 19 heavy (non-hydrogen) atoms. The van der Waals surface area contributed by atoms with E-state index >= 15 is 0 Å². The molecule has 1 aromatic rings. The number of carbonyl (C=O) groups is 1. The molecule has 0 spiro atoms. The van der Waals surface area contributed by atoms with E-state index in [1.54, 1.807) is 24.3 Å². The van der Waals surface area contributed by atoms with Gasteiger partial charge < -0.3 is 10.4 Å². The molecular formula is C12H18N2O4S. The summed E-state index contributed by atoms with van der Waals surface area (Å²) in [6.07, 6.45) is 1.76. The summed E-state index contributed by atoms with van der Waals surface area (Å²) in [5, 5.41) is 12.1. The molecule has 0 unspecified atom stereocenters. The lowest BCUT2D eigenvalue weighted by Crippen LogP contribution is -2.26. The van der Waals surface area contributed by atoms with Crippen molar-refractivity contribution in [1.82, 2.24) is 10.0 Å². The molecule has 0 fully saturated rings. The molecule has 0 aliphatic rings. The maximum absolute atomic E-state index is 11.0. The average Bonchev–Trinajstić information content (AvgIpc) is 2.32. The summed E-state index contributed by atoms with van der Waals surface area (Å²) in [4.78, 5) is 11.0. The number of rotatable bonds is 8. The number of nitrogens with one attached hydrogen (secondary N) is 2. The molecule has 1 aromatic carbocycles. The summed E-state index contributed by atoms with van der Waals surface area (Å²) in [5.41, 5.74) is 0.996. The topological polar surface area (TPSA) is 95.5 Å². The number of sulfonamides is 1. The van der Waals surface area contributed by atoms with Crippen LogP contribution in [0.4, 0.5) is 0 Å². The second-order valence-corrected chi connectivity index (χ2v) is 5.99. The zero-order valence-corrected chi connectivity index (χ0v) is 11.5. The molecule has 0 amide bonds. The molecule has 0 atom stereocenters. The Labute approximate surface area is 112 Å². The molecule has 3 N–H and O–H groups in total. The molecule has 0 bridgehead atoms. The highest BCUT2D eigenvalue weighted by Crippen LogP contribution is 2.08. The molecular weight excluding hydrogens is 268 g/mol. The first-order chi connectivity index (χ1) is 8.90. The average molecular weight is 286 g/mol. The van der Waals surface area contributed by atoms with Gasteiger partial charge in [0.25, 0.3) is 0 Å². The zero-order valence-electron chi connectivity index (χ0n) is 10.7. The predicted octanol–water partition coefficient (Wildman–Crippen LogP) is 0.414. The summed E-state index contributed by atoms with van der Waals surface area (Å²) < 4.78 is 24.0. The lowest BCUT2D eigenvalue weighted by atomic mass is 10.1. The van der Waals surface area contributed by atoms with Crippen LogP contribution in [0.15, 0.2) is 24.3 Å². The van der Waals surface area contributed by atoms with Crippen molar-refractivity contribution >= 4 is 16.0 Å². The van der Waals surface area contributed by atoms with Crippen LogP contribution in [-0.4, -0.2) is 38.8 Å². The van der Waals surface area contributed by atoms with Gasteiger partial charge in [-0.3, -0.25) is 0 Å². The molecule has 0 saturated carbocycles. The number of aromatic carboxylic acids is 1. The largest absolute Gasteiger partial charge is 0.478 e. The molecule has 0 heterocycles. The van der Waals surface area contributed by atoms with E-state index in [0.717, 1.165) is 6.26 Å². The third-order valence-electron chi connectivity index (χ3n) is 2.46. The summed E-state index contributed by atoms with van der Waals surface area (Å²) >= 11 is 0. The van der Waals surface area contributed by atoms with Gasteiger partial charge in [0.15, 0.2) is 0 Å². The normalized spacial score (nSPS) is 11.4. The van der Waals surface area contributed by atoms with Crippen molar-refractivity contribution in [3.05, 3.63) is 35.4 Å². The highest BCUT2D eigenvalue weighted by Gasteiger charge is 2.07. The van der Waals surface area contributed by atoms with Crippen LogP contribution < -0.4 is 10.0 Å². The number of hydrogen-bond acceptors (Lipinski definition) is 4. The molecule has 0 aliphatic carbocycles. The maximum Gasteiger partial charge on any atom is 0.336 e. The highest BCUT2D eigenvalue weighted by molar-refractivity contribution is 7.88. The van der Waals surface area contributed by atoms with E-state index in [4.69, 9.17) is 5.11 Å². The molecule has 0 radical (unpaired) electrons. The van der Waals surface area contributed by atoms with E-state index in [9.17, 15) is 13.2 Å². The maximum atomic E-state index is 11.0. The Morgan fingerprint density at radius 3 is 2.58 bits per heavy atom. The quantitative estimate of drug-likeness (QED) is 0.602. The van der Waals surface area contributed by atoms with Crippen molar-refractivity contribution in [3.8, 4) is 0 Å². The van der Waals surface area contributed by atoms with Crippen LogP contribution in [0.2, 0.25) is 0 Å². The van der Waals surface area contributed by atoms with E-state index < -0.39 is 16.0 Å². The van der Waals surface area contributed by atoms with Crippen LogP contribution in [0.5, 0.6) is 0 Å². The fraction of sp³-hybridized carbons (Fsp3) is 0.417. The lowest BCUT2D eigenvalue weighted by Gasteiger charge is -2.08. The van der Waals surface area contributed by atoms with Gasteiger partial charge in [-0.15, -0.1) is 0 Å². The minimum atomic E-state index is -3.14. The van der Waals surface area contributed by atoms with Crippen molar-refractivity contribution in [2.24, 2.45) is 0 Å². The Balaban J connectivity index is 2.32. The minimum Gasteiger partial charge on any atom is -0.478 e. The SMILES string of the molecule is CS(=O)(=O)NCCCNCc1ccccc1C(=O)O. The zero-order chi connectivity index (χ0) is 14.3. The molecule has 0 aliphatic heterocycles. The highest BCUT2D eigenvalue weighted by atomic mass is 32.2. The van der Waals surface area contributed by atoms with Crippen LogP contribution in [0.25, 0.3) is 0 Å². The van der Waals surface area contributed by atoms with E-state index in [1.165, 1.54) is 0 Å². The predicted molar refractivity (Wildman–Crippen MR) is 72.6 cm³/mol. The van der Waals surface area contributed by atoms with Gasteiger partial charge in [0.1, 0.15) is 0 Å². The van der Waals surface area contributed by atoms with Gasteiger partial charge in [-0.1, -0.05) is 18.2 Å². The monoisotopic (exact) mass is 286 g/mol. The lowest BCUT2D eigenvalue weighted by molar-refractivity contribution is 0.0695. The fourth-order valence-electron chi connectivity index (χ4n) is 1.58. The van der Waals surface area contributed by atoms with E-state index in [2.05, 4.69) is 10.0 Å². The molecule has 0 saturated heterocycles. The van der Waals surface area contributed by atoms with Gasteiger partial charge in [-0.05, 0) is 24.6 Å². The third-order valence-corrected chi connectivity index (χ3v) is 3.19. The minimum absolute atomic E-state index is 0.282.